The molecule has 3 N–H and O–H groups in total. The van der Waals surface area contributed by atoms with Crippen LogP contribution in [0.2, 0.25) is 0 Å². The molecule has 180 valence electrons. The van der Waals surface area contributed by atoms with Crippen LogP contribution in [0.5, 0.6) is 0 Å². The highest BCUT2D eigenvalue weighted by Gasteiger charge is 2.32. The van der Waals surface area contributed by atoms with Gasteiger partial charge in [0, 0.05) is 37.0 Å². The molecule has 2 rings (SSSR count). The van der Waals surface area contributed by atoms with Gasteiger partial charge in [0.05, 0.1) is 0 Å². The summed E-state index contributed by atoms with van der Waals surface area (Å²) in [6.07, 6.45) is 3.58. The molecule has 1 aromatic rings. The van der Waals surface area contributed by atoms with Crippen LogP contribution in [0.25, 0.3) is 0 Å². The highest BCUT2D eigenvalue weighted by molar-refractivity contribution is 5.92. The van der Waals surface area contributed by atoms with E-state index in [2.05, 4.69) is 28.0 Å². The lowest BCUT2D eigenvalue weighted by molar-refractivity contribution is -0.122. The van der Waals surface area contributed by atoms with E-state index < -0.39 is 11.7 Å². The zero-order valence-corrected chi connectivity index (χ0v) is 20.1. The average molecular weight is 451 g/mol. The van der Waals surface area contributed by atoms with Crippen LogP contribution in [0.4, 0.5) is 4.79 Å². The van der Waals surface area contributed by atoms with E-state index in [0.717, 1.165) is 25.7 Å². The smallest absolute Gasteiger partial charge is 0.407 e. The highest BCUT2D eigenvalue weighted by Crippen LogP contribution is 2.28. The molecule has 4 atom stereocenters. The second-order valence-corrected chi connectivity index (χ2v) is 9.61. The third kappa shape index (κ3) is 8.16. The second kappa shape index (κ2) is 11.3. The maximum absolute atomic E-state index is 12.5. The van der Waals surface area contributed by atoms with Crippen LogP contribution < -0.4 is 16.0 Å². The lowest BCUT2D eigenvalue weighted by atomic mass is 9.80. The molecule has 0 aliphatic heterocycles. The lowest BCUT2D eigenvalue weighted by Gasteiger charge is -2.36. The Morgan fingerprint density at radius 1 is 1.22 bits per heavy atom. The molecular formula is C23H38N4O5. The molecule has 0 aromatic carbocycles. The molecule has 0 spiro atoms. The topological polar surface area (TPSA) is 123 Å². The normalized spacial score (nSPS) is 22.0. The number of ether oxygens (including phenoxy) is 1. The number of amides is 3. The first-order valence-electron chi connectivity index (χ1n) is 11.6. The predicted octanol–water partition coefficient (Wildman–Crippen LogP) is 3.33. The van der Waals surface area contributed by atoms with E-state index in [9.17, 15) is 14.4 Å². The Morgan fingerprint density at radius 2 is 1.94 bits per heavy atom. The van der Waals surface area contributed by atoms with Crippen LogP contribution in [0.1, 0.15) is 89.9 Å². The summed E-state index contributed by atoms with van der Waals surface area (Å²) in [5, 5.41) is 12.7. The monoisotopic (exact) mass is 450 g/mol. The summed E-state index contributed by atoms with van der Waals surface area (Å²) < 4.78 is 10.3. The van der Waals surface area contributed by atoms with Gasteiger partial charge in [-0.3, -0.25) is 9.59 Å². The fourth-order valence-corrected chi connectivity index (χ4v) is 3.99. The van der Waals surface area contributed by atoms with Crippen molar-refractivity contribution < 1.29 is 23.6 Å². The molecule has 0 saturated heterocycles. The third-order valence-electron chi connectivity index (χ3n) is 5.58. The van der Waals surface area contributed by atoms with E-state index in [4.69, 9.17) is 9.26 Å². The van der Waals surface area contributed by atoms with E-state index >= 15 is 0 Å². The van der Waals surface area contributed by atoms with Crippen molar-refractivity contribution in [1.82, 2.24) is 21.1 Å². The van der Waals surface area contributed by atoms with Gasteiger partial charge in [0.25, 0.3) is 5.91 Å². The van der Waals surface area contributed by atoms with Crippen molar-refractivity contribution in [2.75, 3.05) is 0 Å². The molecule has 1 aromatic heterocycles. The summed E-state index contributed by atoms with van der Waals surface area (Å²) in [6.45, 7) is 11.2. The molecule has 0 unspecified atom stereocenters. The molecule has 1 saturated carbocycles. The van der Waals surface area contributed by atoms with Crippen molar-refractivity contribution in [1.29, 1.82) is 0 Å². The molecule has 0 bridgehead atoms. The van der Waals surface area contributed by atoms with Gasteiger partial charge in [0.15, 0.2) is 5.69 Å². The summed E-state index contributed by atoms with van der Waals surface area (Å²) in [7, 11) is 0. The maximum Gasteiger partial charge on any atom is 0.407 e. The van der Waals surface area contributed by atoms with Gasteiger partial charge in [0.1, 0.15) is 11.4 Å². The average Bonchev–Trinajstić information content (AvgIpc) is 3.16. The summed E-state index contributed by atoms with van der Waals surface area (Å²) in [5.74, 6) is 0.615. The Kier molecular flexibility index (Phi) is 9.09. The van der Waals surface area contributed by atoms with Gasteiger partial charge in [-0.15, -0.1) is 0 Å². The summed E-state index contributed by atoms with van der Waals surface area (Å²) >= 11 is 0. The van der Waals surface area contributed by atoms with Crippen molar-refractivity contribution in [2.24, 2.45) is 5.92 Å². The van der Waals surface area contributed by atoms with E-state index in [1.54, 1.807) is 33.8 Å². The number of hydrogen-bond acceptors (Lipinski definition) is 6. The summed E-state index contributed by atoms with van der Waals surface area (Å²) in [4.78, 5) is 36.8. The molecule has 9 heteroatoms. The summed E-state index contributed by atoms with van der Waals surface area (Å²) in [6, 6.07) is 1.43. The van der Waals surface area contributed by atoms with Gasteiger partial charge in [-0.1, -0.05) is 25.4 Å². The standard InChI is InChI=1S/C23H38N4O5/c1-7-15-12-16(25-20(28)11-14(3)24-22(30)31-23(4,5)6)9-10-18(15)26-21(29)19-13-17(8-2)32-27-19/h13-16,18H,7-12H2,1-6H3,(H,24,30)(H,25,28)(H,26,29)/t14-,15+,16-,18-/m1/s1. The molecule has 1 fully saturated rings. The number of hydrogen-bond donors (Lipinski definition) is 3. The van der Waals surface area contributed by atoms with Crippen molar-refractivity contribution in [2.45, 2.75) is 104 Å². The minimum atomic E-state index is -0.582. The molecule has 0 radical (unpaired) electrons. The number of nitrogens with zero attached hydrogens (tertiary/aromatic N) is 1. The van der Waals surface area contributed by atoms with Gasteiger partial charge in [-0.2, -0.15) is 0 Å². The molecule has 1 aliphatic carbocycles. The Labute approximate surface area is 190 Å². The molecule has 3 amide bonds. The Bertz CT molecular complexity index is 786. The van der Waals surface area contributed by atoms with E-state index in [-0.39, 0.29) is 42.3 Å². The molecular weight excluding hydrogens is 412 g/mol. The van der Waals surface area contributed by atoms with Gasteiger partial charge in [-0.25, -0.2) is 4.79 Å². The molecule has 1 heterocycles. The van der Waals surface area contributed by atoms with Crippen LogP contribution in [-0.4, -0.2) is 46.8 Å². The first-order chi connectivity index (χ1) is 15.0. The number of carbonyl (C=O) groups excluding carboxylic acids is 3. The minimum absolute atomic E-state index is 0.0372. The van der Waals surface area contributed by atoms with Crippen molar-refractivity contribution in [3.8, 4) is 0 Å². The van der Waals surface area contributed by atoms with Crippen LogP contribution in [0.15, 0.2) is 10.6 Å². The molecule has 1 aliphatic rings. The first kappa shape index (κ1) is 25.7. The number of alkyl carbamates (subject to hydrolysis) is 1. The fraction of sp³-hybridized carbons (Fsp3) is 0.739. The number of carbonyl (C=O) groups is 3. The fourth-order valence-electron chi connectivity index (χ4n) is 3.99. The molecule has 32 heavy (non-hydrogen) atoms. The predicted molar refractivity (Wildman–Crippen MR) is 120 cm³/mol. The lowest BCUT2D eigenvalue weighted by Crippen LogP contribution is -2.49. The number of aryl methyl sites for hydroxylation is 1. The van der Waals surface area contributed by atoms with Crippen LogP contribution in [0.3, 0.4) is 0 Å². The van der Waals surface area contributed by atoms with E-state index in [0.29, 0.717) is 17.9 Å². The Balaban J connectivity index is 1.80. The SMILES string of the molecule is CCc1cc(C(=O)N[C@@H]2CC[C@@H](NC(=O)C[C@@H](C)NC(=O)OC(C)(C)C)C[C@@H]2CC)no1. The Morgan fingerprint density at radius 3 is 2.53 bits per heavy atom. The quantitative estimate of drug-likeness (QED) is 0.558. The van der Waals surface area contributed by atoms with Crippen LogP contribution >= 0.6 is 0 Å². The minimum Gasteiger partial charge on any atom is -0.444 e. The largest absolute Gasteiger partial charge is 0.444 e. The van der Waals surface area contributed by atoms with Crippen molar-refractivity contribution >= 4 is 17.9 Å². The third-order valence-corrected chi connectivity index (χ3v) is 5.58. The van der Waals surface area contributed by atoms with Gasteiger partial charge >= 0.3 is 6.09 Å². The van der Waals surface area contributed by atoms with Gasteiger partial charge < -0.3 is 25.2 Å². The van der Waals surface area contributed by atoms with Crippen LogP contribution in [0, 0.1) is 5.92 Å². The van der Waals surface area contributed by atoms with Crippen LogP contribution in [-0.2, 0) is 16.0 Å². The maximum atomic E-state index is 12.5. The van der Waals surface area contributed by atoms with E-state index in [1.165, 1.54) is 0 Å². The van der Waals surface area contributed by atoms with Gasteiger partial charge in [0.2, 0.25) is 5.91 Å². The zero-order valence-electron chi connectivity index (χ0n) is 20.1. The second-order valence-electron chi connectivity index (χ2n) is 9.61. The Hall–Kier alpha value is -2.58. The number of rotatable bonds is 8. The van der Waals surface area contributed by atoms with E-state index in [1.807, 2.05) is 6.92 Å². The number of nitrogens with one attached hydrogen (secondary N) is 3. The van der Waals surface area contributed by atoms with Gasteiger partial charge in [-0.05, 0) is 52.9 Å². The highest BCUT2D eigenvalue weighted by atomic mass is 16.6. The number of aromatic nitrogens is 1. The van der Waals surface area contributed by atoms with Crippen molar-refractivity contribution in [3.63, 3.8) is 0 Å². The zero-order chi connectivity index (χ0) is 23.9. The summed E-state index contributed by atoms with van der Waals surface area (Å²) in [5.41, 5.74) is -0.278. The van der Waals surface area contributed by atoms with Crippen molar-refractivity contribution in [3.05, 3.63) is 17.5 Å². The molecule has 9 nitrogen and oxygen atoms in total. The first-order valence-corrected chi connectivity index (χ1v) is 11.6.